The molecule has 2 saturated heterocycles. The molecule has 0 amide bonds. The molecule has 3 aromatic rings. The first-order valence-electron chi connectivity index (χ1n) is 18.5. The Morgan fingerprint density at radius 3 is 1.84 bits per heavy atom. The summed E-state index contributed by atoms with van der Waals surface area (Å²) >= 11 is 0. The number of carbonyl (C=O) groups excluding carboxylic acids is 4. The Morgan fingerprint density at radius 2 is 1.26 bits per heavy atom. The van der Waals surface area contributed by atoms with E-state index in [0.717, 1.165) is 25.2 Å². The molecule has 2 aliphatic heterocycles. The number of esters is 4. The zero-order valence-electron chi connectivity index (χ0n) is 32.6. The fourth-order valence-corrected chi connectivity index (χ4v) is 6.11. The summed E-state index contributed by atoms with van der Waals surface area (Å²) in [6, 6.07) is 15.7. The number of phenolic OH excluding ortho intramolecular Hbond substituents is 3. The molecule has 61 heavy (non-hydrogen) atoms. The van der Waals surface area contributed by atoms with Crippen molar-refractivity contribution in [2.24, 2.45) is 0 Å². The van der Waals surface area contributed by atoms with Gasteiger partial charge in [0.05, 0.1) is 13.7 Å². The quantitative estimate of drug-likeness (QED) is 0.0603. The number of rotatable bonds is 16. The summed E-state index contributed by atoms with van der Waals surface area (Å²) in [5.41, 5.74) is 1.36. The number of carbonyl (C=O) groups is 4. The van der Waals surface area contributed by atoms with Crippen molar-refractivity contribution in [1.82, 2.24) is 0 Å². The Balaban J connectivity index is 1.48. The average molecular weight is 853 g/mol. The molecule has 2 fully saturated rings. The van der Waals surface area contributed by atoms with Gasteiger partial charge < -0.3 is 73.6 Å². The van der Waals surface area contributed by atoms with Crippen molar-refractivity contribution in [2.45, 2.75) is 61.7 Å². The number of benzene rings is 3. The summed E-state index contributed by atoms with van der Waals surface area (Å²) in [6.45, 7) is -1.70. The van der Waals surface area contributed by atoms with Gasteiger partial charge in [-0.15, -0.1) is 0 Å². The zero-order chi connectivity index (χ0) is 44.3. The standard InChI is InChI=1S/C42H44O19/c1-23(44)57-39-38(53)36(51)31(20-43)58-41(39)61-42(22-56-34(49)16-8-24-3-11-27(45)12-4-24)40(59-35(50)18-9-25-5-13-28(46)14-6-25)37(52)32(60-42)21-55-33(48)17-10-26-7-15-29(47)30(19-26)54-2/h3-19,31-32,36-41,43,45-47,51-53H,20-22H2,1-2H3/t31-,32-,36-,37-,38+,39-,40+,41-,42+/m1/s1. The lowest BCUT2D eigenvalue weighted by Gasteiger charge is -2.44. The van der Waals surface area contributed by atoms with E-state index in [0.29, 0.717) is 16.7 Å². The predicted octanol–water partition coefficient (Wildman–Crippen LogP) is 1.09. The van der Waals surface area contributed by atoms with Gasteiger partial charge in [-0.2, -0.15) is 0 Å². The highest BCUT2D eigenvalue weighted by Crippen LogP contribution is 2.39. The summed E-state index contributed by atoms with van der Waals surface area (Å²) in [4.78, 5) is 51.6. The van der Waals surface area contributed by atoms with Crippen molar-refractivity contribution in [3.8, 4) is 23.0 Å². The van der Waals surface area contributed by atoms with Crippen LogP contribution in [-0.2, 0) is 52.3 Å². The lowest BCUT2D eigenvalue weighted by Crippen LogP contribution is -2.64. The van der Waals surface area contributed by atoms with E-state index in [1.54, 1.807) is 0 Å². The van der Waals surface area contributed by atoms with Crippen LogP contribution in [0, 0.1) is 0 Å². The van der Waals surface area contributed by atoms with Gasteiger partial charge in [0.1, 0.15) is 55.2 Å². The van der Waals surface area contributed by atoms with Crippen LogP contribution in [0.5, 0.6) is 23.0 Å². The normalized spacial score (nSPS) is 26.3. The smallest absolute Gasteiger partial charge is 0.331 e. The molecule has 0 unspecified atom stereocenters. The zero-order valence-corrected chi connectivity index (χ0v) is 32.6. The molecule has 0 saturated carbocycles. The fraction of sp³-hybridized carbons (Fsp3) is 0.333. The van der Waals surface area contributed by atoms with E-state index in [2.05, 4.69) is 0 Å². The molecule has 0 aliphatic carbocycles. The van der Waals surface area contributed by atoms with E-state index in [1.807, 2.05) is 0 Å². The van der Waals surface area contributed by atoms with E-state index in [9.17, 15) is 54.9 Å². The van der Waals surface area contributed by atoms with E-state index in [4.69, 9.17) is 37.9 Å². The minimum Gasteiger partial charge on any atom is -0.508 e. The number of aliphatic hydroxyl groups is 4. The molecule has 7 N–H and O–H groups in total. The molecule has 19 heteroatoms. The third-order valence-corrected chi connectivity index (χ3v) is 9.19. The van der Waals surface area contributed by atoms with E-state index < -0.39 is 98.5 Å². The number of ether oxygens (including phenoxy) is 8. The second kappa shape index (κ2) is 20.8. The van der Waals surface area contributed by atoms with Crippen LogP contribution < -0.4 is 4.74 Å². The first-order valence-corrected chi connectivity index (χ1v) is 18.5. The van der Waals surface area contributed by atoms with Gasteiger partial charge >= 0.3 is 23.9 Å². The number of aliphatic hydroxyl groups excluding tert-OH is 4. The Kier molecular flexibility index (Phi) is 15.6. The topological polar surface area (TPSA) is 284 Å². The molecule has 2 aliphatic rings. The van der Waals surface area contributed by atoms with Crippen molar-refractivity contribution in [1.29, 1.82) is 0 Å². The molecular formula is C42H44O19. The monoisotopic (exact) mass is 852 g/mol. The van der Waals surface area contributed by atoms with Gasteiger partial charge in [-0.1, -0.05) is 30.3 Å². The maximum atomic E-state index is 13.4. The molecule has 19 nitrogen and oxygen atoms in total. The molecule has 0 spiro atoms. The highest BCUT2D eigenvalue weighted by atomic mass is 16.8. The Hall–Kier alpha value is -6.32. The van der Waals surface area contributed by atoms with E-state index in [-0.39, 0.29) is 23.0 Å². The van der Waals surface area contributed by atoms with Crippen LogP contribution in [0.4, 0.5) is 0 Å². The third kappa shape index (κ3) is 12.1. The summed E-state index contributed by atoms with van der Waals surface area (Å²) in [5, 5.41) is 72.3. The summed E-state index contributed by atoms with van der Waals surface area (Å²) in [5.74, 6) is -6.81. The SMILES string of the molecule is COc1cc(C=CC(=O)OC[C@H]2O[C@@](COC(=O)C=Cc3ccc(O)cc3)(O[C@H]3O[C@H](CO)[C@@H](O)[C@H](O)[C@H]3OC(C)=O)[C@@H](OC(=O)C=Cc3ccc(O)cc3)[C@@H]2O)ccc1O. The molecule has 326 valence electrons. The number of aromatic hydroxyl groups is 3. The van der Waals surface area contributed by atoms with Crippen LogP contribution >= 0.6 is 0 Å². The fourth-order valence-electron chi connectivity index (χ4n) is 6.11. The molecule has 3 aromatic carbocycles. The molecule has 0 aromatic heterocycles. The first kappa shape index (κ1) is 45.8. The molecular weight excluding hydrogens is 808 g/mol. The van der Waals surface area contributed by atoms with Crippen LogP contribution in [0.1, 0.15) is 23.6 Å². The van der Waals surface area contributed by atoms with Crippen LogP contribution in [0.25, 0.3) is 18.2 Å². The Bertz CT molecular complexity index is 2080. The van der Waals surface area contributed by atoms with E-state index >= 15 is 0 Å². The molecule has 0 bridgehead atoms. The van der Waals surface area contributed by atoms with Crippen LogP contribution in [-0.4, -0.2) is 141 Å². The van der Waals surface area contributed by atoms with Gasteiger partial charge in [0.15, 0.2) is 23.7 Å². The molecule has 2 heterocycles. The number of phenols is 3. The van der Waals surface area contributed by atoms with Crippen molar-refractivity contribution >= 4 is 42.1 Å². The summed E-state index contributed by atoms with van der Waals surface area (Å²) in [6.07, 6.45) is -7.81. The van der Waals surface area contributed by atoms with Gasteiger partial charge in [0.25, 0.3) is 0 Å². The third-order valence-electron chi connectivity index (χ3n) is 9.19. The lowest BCUT2D eigenvalue weighted by atomic mass is 9.98. The molecule has 0 radical (unpaired) electrons. The highest BCUT2D eigenvalue weighted by Gasteiger charge is 2.62. The van der Waals surface area contributed by atoms with Gasteiger partial charge in [-0.3, -0.25) is 4.79 Å². The number of methoxy groups -OCH3 is 1. The van der Waals surface area contributed by atoms with E-state index in [1.165, 1.54) is 92.1 Å². The minimum atomic E-state index is -2.65. The number of hydrogen-bond acceptors (Lipinski definition) is 19. The lowest BCUT2D eigenvalue weighted by molar-refractivity contribution is -0.383. The van der Waals surface area contributed by atoms with Crippen molar-refractivity contribution in [3.63, 3.8) is 0 Å². The van der Waals surface area contributed by atoms with Gasteiger partial charge in [0.2, 0.25) is 12.1 Å². The summed E-state index contributed by atoms with van der Waals surface area (Å²) in [7, 11) is 1.34. The minimum absolute atomic E-state index is 0.0263. The van der Waals surface area contributed by atoms with Gasteiger partial charge in [0, 0.05) is 25.2 Å². The second-order valence-corrected chi connectivity index (χ2v) is 13.6. The second-order valence-electron chi connectivity index (χ2n) is 13.6. The van der Waals surface area contributed by atoms with Crippen molar-refractivity contribution < 1.29 is 92.8 Å². The van der Waals surface area contributed by atoms with Crippen LogP contribution in [0.2, 0.25) is 0 Å². The van der Waals surface area contributed by atoms with Crippen molar-refractivity contribution in [2.75, 3.05) is 26.9 Å². The van der Waals surface area contributed by atoms with Gasteiger partial charge in [-0.25, -0.2) is 14.4 Å². The first-order chi connectivity index (χ1) is 29.1. The average Bonchev–Trinajstić information content (AvgIpc) is 3.49. The van der Waals surface area contributed by atoms with Crippen LogP contribution in [0.15, 0.2) is 85.0 Å². The van der Waals surface area contributed by atoms with Crippen LogP contribution in [0.3, 0.4) is 0 Å². The highest BCUT2D eigenvalue weighted by molar-refractivity contribution is 5.88. The number of hydrogen-bond donors (Lipinski definition) is 7. The maximum Gasteiger partial charge on any atom is 0.331 e. The van der Waals surface area contributed by atoms with Gasteiger partial charge in [-0.05, 0) is 71.3 Å². The molecule has 5 rings (SSSR count). The largest absolute Gasteiger partial charge is 0.508 e. The maximum absolute atomic E-state index is 13.4. The molecule has 9 atom stereocenters. The Labute approximate surface area is 347 Å². The predicted molar refractivity (Wildman–Crippen MR) is 208 cm³/mol. The summed E-state index contributed by atoms with van der Waals surface area (Å²) < 4.78 is 44.7. The van der Waals surface area contributed by atoms with Crippen molar-refractivity contribution in [3.05, 3.63) is 102 Å². The Morgan fingerprint density at radius 1 is 0.705 bits per heavy atom.